The van der Waals surface area contributed by atoms with E-state index in [1.165, 1.54) is 0 Å². The highest BCUT2D eigenvalue weighted by molar-refractivity contribution is 5.80. The van der Waals surface area contributed by atoms with Gasteiger partial charge in [-0.05, 0) is 13.8 Å². The molecular weight excluding hydrogens is 132 g/mol. The van der Waals surface area contributed by atoms with Crippen LogP contribution in [0.3, 0.4) is 0 Å². The number of hydrogen-bond acceptors (Lipinski definition) is 3. The van der Waals surface area contributed by atoms with Gasteiger partial charge in [0.05, 0.1) is 6.61 Å². The molecule has 60 valence electrons. The third-order valence-electron chi connectivity index (χ3n) is 1.04. The predicted molar refractivity (Wildman–Crippen MR) is 38.3 cm³/mol. The van der Waals surface area contributed by atoms with Gasteiger partial charge in [-0.1, -0.05) is 0 Å². The minimum atomic E-state index is -0.287. The summed E-state index contributed by atoms with van der Waals surface area (Å²) in [5.41, 5.74) is 2.57. The van der Waals surface area contributed by atoms with Gasteiger partial charge in [0, 0.05) is 7.05 Å². The molecule has 0 bridgehead atoms. The van der Waals surface area contributed by atoms with Gasteiger partial charge in [-0.3, -0.25) is 4.79 Å². The lowest BCUT2D eigenvalue weighted by Crippen LogP contribution is -2.40. The minimum Gasteiger partial charge on any atom is -0.358 e. The second-order valence-electron chi connectivity index (χ2n) is 1.89. The molecule has 0 aliphatic heterocycles. The third-order valence-corrected chi connectivity index (χ3v) is 1.04. The van der Waals surface area contributed by atoms with Crippen LogP contribution >= 0.6 is 0 Å². The zero-order chi connectivity index (χ0) is 7.98. The Kier molecular flexibility index (Phi) is 4.88. The Balaban J connectivity index is 3.41. The van der Waals surface area contributed by atoms with Crippen molar-refractivity contribution in [3.63, 3.8) is 0 Å². The van der Waals surface area contributed by atoms with Gasteiger partial charge in [-0.25, -0.2) is 0 Å². The van der Waals surface area contributed by atoms with Crippen molar-refractivity contribution < 1.29 is 9.63 Å². The molecule has 1 amide bonds. The molecule has 4 heteroatoms. The number of hydrogen-bond donors (Lipinski definition) is 2. The fourth-order valence-corrected chi connectivity index (χ4v) is 0.478. The van der Waals surface area contributed by atoms with Crippen molar-refractivity contribution in [1.29, 1.82) is 0 Å². The van der Waals surface area contributed by atoms with Crippen molar-refractivity contribution in [2.45, 2.75) is 19.9 Å². The summed E-state index contributed by atoms with van der Waals surface area (Å²) < 4.78 is 0. The van der Waals surface area contributed by atoms with Gasteiger partial charge >= 0.3 is 0 Å². The van der Waals surface area contributed by atoms with Crippen LogP contribution in [0.15, 0.2) is 0 Å². The van der Waals surface area contributed by atoms with E-state index in [1.807, 2.05) is 6.92 Å². The highest BCUT2D eigenvalue weighted by Gasteiger charge is 2.08. The molecule has 0 aromatic rings. The molecule has 1 unspecified atom stereocenters. The summed E-state index contributed by atoms with van der Waals surface area (Å²) in [6.45, 7) is 4.14. The molecule has 10 heavy (non-hydrogen) atoms. The summed E-state index contributed by atoms with van der Waals surface area (Å²) in [5.74, 6) is -0.0755. The average molecular weight is 146 g/mol. The van der Waals surface area contributed by atoms with Gasteiger partial charge in [-0.15, -0.1) is 0 Å². The lowest BCUT2D eigenvalue weighted by molar-refractivity contribution is -0.126. The standard InChI is InChI=1S/C6H14N2O2/c1-4-10-8-5(2)6(9)7-3/h5,8H,4H2,1-3H3,(H,7,9). The lowest BCUT2D eigenvalue weighted by Gasteiger charge is -2.10. The third kappa shape index (κ3) is 3.42. The van der Waals surface area contributed by atoms with Crippen LogP contribution in [0.4, 0.5) is 0 Å². The summed E-state index contributed by atoms with van der Waals surface area (Å²) >= 11 is 0. The normalized spacial score (nSPS) is 12.7. The Labute approximate surface area is 60.9 Å². The Morgan fingerprint density at radius 3 is 2.70 bits per heavy atom. The molecule has 0 heterocycles. The van der Waals surface area contributed by atoms with Crippen molar-refractivity contribution in [2.24, 2.45) is 0 Å². The van der Waals surface area contributed by atoms with Gasteiger partial charge in [0.1, 0.15) is 6.04 Å². The van der Waals surface area contributed by atoms with Crippen LogP contribution in [0.2, 0.25) is 0 Å². The van der Waals surface area contributed by atoms with E-state index in [4.69, 9.17) is 4.84 Å². The fraction of sp³-hybridized carbons (Fsp3) is 0.833. The van der Waals surface area contributed by atoms with E-state index in [1.54, 1.807) is 14.0 Å². The maximum absolute atomic E-state index is 10.8. The van der Waals surface area contributed by atoms with E-state index < -0.39 is 0 Å². The maximum Gasteiger partial charge on any atom is 0.238 e. The molecule has 4 nitrogen and oxygen atoms in total. The van der Waals surface area contributed by atoms with E-state index in [0.29, 0.717) is 6.61 Å². The molecular formula is C6H14N2O2. The highest BCUT2D eigenvalue weighted by atomic mass is 16.6. The number of nitrogens with one attached hydrogen (secondary N) is 2. The van der Waals surface area contributed by atoms with Crippen LogP contribution in [-0.4, -0.2) is 25.6 Å². The quantitative estimate of drug-likeness (QED) is 0.533. The van der Waals surface area contributed by atoms with E-state index in [2.05, 4.69) is 10.8 Å². The molecule has 1 atom stereocenters. The summed E-state index contributed by atoms with van der Waals surface area (Å²) in [7, 11) is 1.59. The summed E-state index contributed by atoms with van der Waals surface area (Å²) in [6, 6.07) is -0.287. The molecule has 0 radical (unpaired) electrons. The first-order chi connectivity index (χ1) is 4.72. The van der Waals surface area contributed by atoms with E-state index in [-0.39, 0.29) is 11.9 Å². The number of rotatable bonds is 4. The summed E-state index contributed by atoms with van der Waals surface area (Å²) in [4.78, 5) is 15.6. The molecule has 0 fully saturated rings. The van der Waals surface area contributed by atoms with Crippen molar-refractivity contribution in [3.8, 4) is 0 Å². The van der Waals surface area contributed by atoms with Crippen molar-refractivity contribution in [2.75, 3.05) is 13.7 Å². The van der Waals surface area contributed by atoms with Crippen LogP contribution in [0, 0.1) is 0 Å². The van der Waals surface area contributed by atoms with Gasteiger partial charge in [-0.2, -0.15) is 5.48 Å². The van der Waals surface area contributed by atoms with Crippen molar-refractivity contribution in [3.05, 3.63) is 0 Å². The fourth-order valence-electron chi connectivity index (χ4n) is 0.478. The first-order valence-electron chi connectivity index (χ1n) is 3.31. The molecule has 0 saturated heterocycles. The van der Waals surface area contributed by atoms with Gasteiger partial charge < -0.3 is 10.2 Å². The van der Waals surface area contributed by atoms with Crippen molar-refractivity contribution >= 4 is 5.91 Å². The lowest BCUT2D eigenvalue weighted by atomic mass is 10.3. The van der Waals surface area contributed by atoms with E-state index in [9.17, 15) is 4.79 Å². The first-order valence-corrected chi connectivity index (χ1v) is 3.31. The maximum atomic E-state index is 10.8. The molecule has 0 aliphatic carbocycles. The van der Waals surface area contributed by atoms with Gasteiger partial charge in [0.2, 0.25) is 5.91 Å². The summed E-state index contributed by atoms with van der Waals surface area (Å²) in [5, 5.41) is 2.49. The molecule has 0 spiro atoms. The molecule has 0 aromatic heterocycles. The zero-order valence-corrected chi connectivity index (χ0v) is 6.60. The van der Waals surface area contributed by atoms with Crippen LogP contribution in [0.1, 0.15) is 13.8 Å². The van der Waals surface area contributed by atoms with Gasteiger partial charge in [0.15, 0.2) is 0 Å². The highest BCUT2D eigenvalue weighted by Crippen LogP contribution is 1.79. The predicted octanol–water partition coefficient (Wildman–Crippen LogP) is -0.338. The van der Waals surface area contributed by atoms with Crippen LogP contribution in [0.25, 0.3) is 0 Å². The average Bonchev–Trinajstić information content (AvgIpc) is 1.98. The van der Waals surface area contributed by atoms with Crippen LogP contribution in [-0.2, 0) is 9.63 Å². The monoisotopic (exact) mass is 146 g/mol. The Hall–Kier alpha value is -0.610. The van der Waals surface area contributed by atoms with Gasteiger partial charge in [0.25, 0.3) is 0 Å². The SMILES string of the molecule is CCONC(C)C(=O)NC. The Bertz CT molecular complexity index is 106. The molecule has 0 aliphatic rings. The molecule has 0 saturated carbocycles. The largest absolute Gasteiger partial charge is 0.358 e. The van der Waals surface area contributed by atoms with Crippen LogP contribution < -0.4 is 10.8 Å². The molecule has 2 N–H and O–H groups in total. The minimum absolute atomic E-state index is 0.0755. The second kappa shape index (κ2) is 5.20. The Morgan fingerprint density at radius 1 is 1.70 bits per heavy atom. The number of carbonyl (C=O) groups is 1. The second-order valence-corrected chi connectivity index (χ2v) is 1.89. The topological polar surface area (TPSA) is 50.4 Å². The van der Waals surface area contributed by atoms with E-state index in [0.717, 1.165) is 0 Å². The smallest absolute Gasteiger partial charge is 0.238 e. The first kappa shape index (κ1) is 9.39. The van der Waals surface area contributed by atoms with Crippen LogP contribution in [0.5, 0.6) is 0 Å². The Morgan fingerprint density at radius 2 is 2.30 bits per heavy atom. The number of carbonyl (C=O) groups excluding carboxylic acids is 1. The van der Waals surface area contributed by atoms with Crippen molar-refractivity contribution in [1.82, 2.24) is 10.8 Å². The molecule has 0 rings (SSSR count). The molecule has 0 aromatic carbocycles. The number of likely N-dealkylation sites (N-methyl/N-ethyl adjacent to an activating group) is 1. The number of amides is 1. The van der Waals surface area contributed by atoms with E-state index >= 15 is 0 Å². The summed E-state index contributed by atoms with van der Waals surface area (Å²) in [6.07, 6.45) is 0. The number of hydroxylamine groups is 1. The zero-order valence-electron chi connectivity index (χ0n) is 6.60.